The Morgan fingerprint density at radius 3 is 2.50 bits per heavy atom. The molecular weight excluding hydrogens is 459 g/mol. The maximum atomic E-state index is 13.2. The third-order valence-corrected chi connectivity index (χ3v) is 6.13. The number of rotatable bonds is 8. The van der Waals surface area contributed by atoms with Gasteiger partial charge in [-0.25, -0.2) is 9.18 Å². The number of carbonyl (C=O) groups excluding carboxylic acids is 1. The van der Waals surface area contributed by atoms with Gasteiger partial charge in [-0.15, -0.1) is 0 Å². The minimum atomic E-state index is -1.05. The molecule has 1 N–H and O–H groups in total. The van der Waals surface area contributed by atoms with Crippen molar-refractivity contribution < 1.29 is 23.8 Å². The SMILES string of the molecule is O=C(O)c1ccc(C2CCCN2C(=O)COc2ccc(Cl)cc2)nc1CCc1ccc(F)cc1. The van der Waals surface area contributed by atoms with E-state index < -0.39 is 5.97 Å². The van der Waals surface area contributed by atoms with E-state index in [4.69, 9.17) is 16.3 Å². The zero-order valence-electron chi connectivity index (χ0n) is 18.4. The average Bonchev–Trinajstić information content (AvgIpc) is 3.33. The van der Waals surface area contributed by atoms with E-state index in [0.717, 1.165) is 18.4 Å². The average molecular weight is 483 g/mol. The highest BCUT2D eigenvalue weighted by Gasteiger charge is 2.31. The smallest absolute Gasteiger partial charge is 0.337 e. The number of benzene rings is 2. The van der Waals surface area contributed by atoms with Gasteiger partial charge in [0.15, 0.2) is 6.61 Å². The van der Waals surface area contributed by atoms with Crippen molar-refractivity contribution in [3.05, 3.63) is 94.0 Å². The van der Waals surface area contributed by atoms with Crippen molar-refractivity contribution in [2.75, 3.05) is 13.2 Å². The molecule has 1 aliphatic heterocycles. The summed E-state index contributed by atoms with van der Waals surface area (Å²) in [6.45, 7) is 0.476. The summed E-state index contributed by atoms with van der Waals surface area (Å²) >= 11 is 5.88. The number of hydrogen-bond donors (Lipinski definition) is 1. The predicted molar refractivity (Wildman–Crippen MR) is 126 cm³/mol. The van der Waals surface area contributed by atoms with Crippen LogP contribution in [0.2, 0.25) is 5.02 Å². The Bertz CT molecular complexity index is 1170. The third kappa shape index (κ3) is 5.72. The highest BCUT2D eigenvalue weighted by Crippen LogP contribution is 2.32. The summed E-state index contributed by atoms with van der Waals surface area (Å²) in [4.78, 5) is 31.0. The zero-order chi connectivity index (χ0) is 24.1. The van der Waals surface area contributed by atoms with E-state index in [2.05, 4.69) is 4.98 Å². The highest BCUT2D eigenvalue weighted by molar-refractivity contribution is 6.30. The number of ether oxygens (including phenoxy) is 1. The first-order valence-corrected chi connectivity index (χ1v) is 11.4. The Morgan fingerprint density at radius 2 is 1.79 bits per heavy atom. The van der Waals surface area contributed by atoms with Gasteiger partial charge in [0.2, 0.25) is 0 Å². The Labute approximate surface area is 202 Å². The number of likely N-dealkylation sites (tertiary alicyclic amines) is 1. The monoisotopic (exact) mass is 482 g/mol. The lowest BCUT2D eigenvalue weighted by molar-refractivity contribution is -0.134. The summed E-state index contributed by atoms with van der Waals surface area (Å²) in [6.07, 6.45) is 2.48. The van der Waals surface area contributed by atoms with Gasteiger partial charge >= 0.3 is 5.97 Å². The maximum Gasteiger partial charge on any atom is 0.337 e. The Hall–Kier alpha value is -3.45. The molecule has 1 aliphatic rings. The van der Waals surface area contributed by atoms with Crippen molar-refractivity contribution in [1.29, 1.82) is 0 Å². The molecule has 0 aliphatic carbocycles. The van der Waals surface area contributed by atoms with Crippen LogP contribution in [0.1, 0.15) is 46.2 Å². The fraction of sp³-hybridized carbons (Fsp3) is 0.269. The fourth-order valence-electron chi connectivity index (χ4n) is 4.13. The Kier molecular flexibility index (Phi) is 7.43. The third-order valence-electron chi connectivity index (χ3n) is 5.88. The molecule has 176 valence electrons. The molecule has 0 radical (unpaired) electrons. The number of carboxylic acids is 1. The summed E-state index contributed by atoms with van der Waals surface area (Å²) in [6, 6.07) is 15.9. The van der Waals surface area contributed by atoms with E-state index in [0.29, 0.717) is 41.5 Å². The second kappa shape index (κ2) is 10.7. The number of hydrogen-bond acceptors (Lipinski definition) is 4. The van der Waals surface area contributed by atoms with Crippen LogP contribution in [0.25, 0.3) is 0 Å². The van der Waals surface area contributed by atoms with Crippen LogP contribution in [0.4, 0.5) is 4.39 Å². The van der Waals surface area contributed by atoms with Crippen LogP contribution >= 0.6 is 11.6 Å². The van der Waals surface area contributed by atoms with E-state index in [1.807, 2.05) is 0 Å². The van der Waals surface area contributed by atoms with E-state index in [-0.39, 0.29) is 29.9 Å². The predicted octanol–water partition coefficient (Wildman–Crippen LogP) is 5.10. The minimum Gasteiger partial charge on any atom is -0.484 e. The summed E-state index contributed by atoms with van der Waals surface area (Å²) in [5, 5.41) is 10.2. The van der Waals surface area contributed by atoms with E-state index in [9.17, 15) is 19.1 Å². The van der Waals surface area contributed by atoms with Gasteiger partial charge in [-0.05, 0) is 79.8 Å². The first-order chi connectivity index (χ1) is 16.4. The van der Waals surface area contributed by atoms with Crippen LogP contribution in [0, 0.1) is 5.82 Å². The lowest BCUT2D eigenvalue weighted by atomic mass is 10.0. The van der Waals surface area contributed by atoms with Gasteiger partial charge in [0.1, 0.15) is 11.6 Å². The first kappa shape index (κ1) is 23.7. The molecule has 2 heterocycles. The number of aromatic carboxylic acids is 1. The van der Waals surface area contributed by atoms with Crippen molar-refractivity contribution in [3.63, 3.8) is 0 Å². The number of carboxylic acid groups (broad SMARTS) is 1. The van der Waals surface area contributed by atoms with Crippen LogP contribution in [0.5, 0.6) is 5.75 Å². The van der Waals surface area contributed by atoms with Gasteiger partial charge in [0.25, 0.3) is 5.91 Å². The number of nitrogens with zero attached hydrogens (tertiary/aromatic N) is 2. The normalized spacial score (nSPS) is 15.4. The van der Waals surface area contributed by atoms with Gasteiger partial charge in [0, 0.05) is 11.6 Å². The molecule has 0 spiro atoms. The molecule has 0 saturated carbocycles. The van der Waals surface area contributed by atoms with Crippen molar-refractivity contribution in [1.82, 2.24) is 9.88 Å². The molecule has 1 fully saturated rings. The van der Waals surface area contributed by atoms with Gasteiger partial charge in [-0.2, -0.15) is 0 Å². The van der Waals surface area contributed by atoms with Crippen LogP contribution in [-0.2, 0) is 17.6 Å². The minimum absolute atomic E-state index is 0.108. The number of aromatic nitrogens is 1. The van der Waals surface area contributed by atoms with Crippen LogP contribution in [0.3, 0.4) is 0 Å². The summed E-state index contributed by atoms with van der Waals surface area (Å²) in [7, 11) is 0. The standard InChI is InChI=1S/C26H24ClFN2O4/c27-18-6-10-20(11-7-18)34-16-25(31)30-15-1-2-24(30)23-14-12-21(26(32)33)22(29-23)13-5-17-3-8-19(28)9-4-17/h3-4,6-12,14,24H,1-2,5,13,15-16H2,(H,32,33). The molecule has 3 aromatic rings. The second-order valence-electron chi connectivity index (χ2n) is 8.15. The van der Waals surface area contributed by atoms with E-state index in [1.54, 1.807) is 53.4 Å². The topological polar surface area (TPSA) is 79.7 Å². The summed E-state index contributed by atoms with van der Waals surface area (Å²) in [5.41, 5.74) is 2.14. The second-order valence-corrected chi connectivity index (χ2v) is 8.59. The first-order valence-electron chi connectivity index (χ1n) is 11.1. The molecule has 1 atom stereocenters. The molecule has 4 rings (SSSR count). The Morgan fingerprint density at radius 1 is 1.06 bits per heavy atom. The zero-order valence-corrected chi connectivity index (χ0v) is 19.2. The van der Waals surface area contributed by atoms with Gasteiger partial charge in [-0.3, -0.25) is 9.78 Å². The van der Waals surface area contributed by atoms with Crippen molar-refractivity contribution >= 4 is 23.5 Å². The molecule has 1 saturated heterocycles. The van der Waals surface area contributed by atoms with Crippen LogP contribution < -0.4 is 4.74 Å². The molecule has 2 aromatic carbocycles. The maximum absolute atomic E-state index is 13.2. The Balaban J connectivity index is 1.48. The molecule has 6 nitrogen and oxygen atoms in total. The van der Waals surface area contributed by atoms with Crippen molar-refractivity contribution in [2.45, 2.75) is 31.7 Å². The largest absolute Gasteiger partial charge is 0.484 e. The summed E-state index contributed by atoms with van der Waals surface area (Å²) in [5.74, 6) is -0.972. The lowest BCUT2D eigenvalue weighted by Crippen LogP contribution is -2.35. The summed E-state index contributed by atoms with van der Waals surface area (Å²) < 4.78 is 18.8. The number of halogens is 2. The molecule has 1 amide bonds. The lowest BCUT2D eigenvalue weighted by Gasteiger charge is -2.25. The van der Waals surface area contributed by atoms with Gasteiger partial charge < -0.3 is 14.7 Å². The van der Waals surface area contributed by atoms with Crippen molar-refractivity contribution in [2.24, 2.45) is 0 Å². The molecule has 34 heavy (non-hydrogen) atoms. The highest BCUT2D eigenvalue weighted by atomic mass is 35.5. The number of pyridine rings is 1. The van der Waals surface area contributed by atoms with Crippen LogP contribution in [-0.4, -0.2) is 40.0 Å². The quantitative estimate of drug-likeness (QED) is 0.483. The number of carbonyl (C=O) groups is 2. The number of amides is 1. The molecule has 1 aromatic heterocycles. The van der Waals surface area contributed by atoms with Gasteiger partial charge in [0.05, 0.1) is 23.0 Å². The van der Waals surface area contributed by atoms with Crippen molar-refractivity contribution in [3.8, 4) is 5.75 Å². The van der Waals surface area contributed by atoms with E-state index >= 15 is 0 Å². The van der Waals surface area contributed by atoms with Gasteiger partial charge in [-0.1, -0.05) is 23.7 Å². The molecular formula is C26H24ClFN2O4. The van der Waals surface area contributed by atoms with E-state index in [1.165, 1.54) is 12.1 Å². The fourth-order valence-corrected chi connectivity index (χ4v) is 4.26. The molecule has 0 bridgehead atoms. The molecule has 1 unspecified atom stereocenters. The van der Waals surface area contributed by atoms with Crippen LogP contribution in [0.15, 0.2) is 60.7 Å². The number of aryl methyl sites for hydroxylation is 2. The molecule has 8 heteroatoms.